The molecule has 0 bridgehead atoms. The van der Waals surface area contributed by atoms with Crippen molar-refractivity contribution in [3.05, 3.63) is 68.7 Å². The summed E-state index contributed by atoms with van der Waals surface area (Å²) in [7, 11) is 0. The average molecular weight is 265 g/mol. The van der Waals surface area contributed by atoms with E-state index in [1.807, 2.05) is 36.4 Å². The Labute approximate surface area is 95.7 Å². The first kappa shape index (κ1) is 10.2. The van der Waals surface area contributed by atoms with Gasteiger partial charge in [0.1, 0.15) is 5.76 Å². The van der Waals surface area contributed by atoms with Crippen LogP contribution in [0.4, 0.5) is 0 Å². The van der Waals surface area contributed by atoms with Crippen LogP contribution in [0.25, 0.3) is 0 Å². The Morgan fingerprint density at radius 2 is 1.87 bits per heavy atom. The molecule has 0 amide bonds. The average Bonchev–Trinajstić information content (AvgIpc) is 2.17. The molecular formula is C12H9BrO2. The van der Waals surface area contributed by atoms with Crippen molar-refractivity contribution in [2.45, 2.75) is 6.42 Å². The van der Waals surface area contributed by atoms with E-state index in [4.69, 9.17) is 4.42 Å². The first-order chi connectivity index (χ1) is 7.24. The van der Waals surface area contributed by atoms with Crippen molar-refractivity contribution in [1.29, 1.82) is 0 Å². The van der Waals surface area contributed by atoms with Gasteiger partial charge >= 0.3 is 5.63 Å². The van der Waals surface area contributed by atoms with Crippen LogP contribution in [-0.2, 0) is 6.42 Å². The first-order valence-electron chi connectivity index (χ1n) is 4.57. The second-order valence-corrected chi connectivity index (χ2v) is 4.14. The van der Waals surface area contributed by atoms with E-state index in [1.54, 1.807) is 0 Å². The third-order valence-corrected chi connectivity index (χ3v) is 2.47. The highest BCUT2D eigenvalue weighted by molar-refractivity contribution is 9.10. The third kappa shape index (κ3) is 2.80. The van der Waals surface area contributed by atoms with Gasteiger partial charge in [0.2, 0.25) is 0 Å². The molecule has 0 saturated carbocycles. The molecule has 0 saturated heterocycles. The quantitative estimate of drug-likeness (QED) is 0.835. The van der Waals surface area contributed by atoms with Gasteiger partial charge in [0.15, 0.2) is 0 Å². The van der Waals surface area contributed by atoms with Crippen LogP contribution in [0.5, 0.6) is 0 Å². The van der Waals surface area contributed by atoms with Crippen LogP contribution in [0.15, 0.2) is 56.1 Å². The van der Waals surface area contributed by atoms with Gasteiger partial charge < -0.3 is 4.42 Å². The summed E-state index contributed by atoms with van der Waals surface area (Å²) in [5.41, 5.74) is 0.800. The monoisotopic (exact) mass is 264 g/mol. The summed E-state index contributed by atoms with van der Waals surface area (Å²) in [4.78, 5) is 11.1. The van der Waals surface area contributed by atoms with Crippen molar-refractivity contribution in [1.82, 2.24) is 0 Å². The van der Waals surface area contributed by atoms with Gasteiger partial charge in [-0.05, 0) is 11.6 Å². The Morgan fingerprint density at radius 3 is 2.53 bits per heavy atom. The molecule has 0 aliphatic carbocycles. The minimum atomic E-state index is -0.324. The molecule has 1 heterocycles. The van der Waals surface area contributed by atoms with Crippen molar-refractivity contribution in [3.63, 3.8) is 0 Å². The molecule has 2 aromatic rings. The maximum Gasteiger partial charge on any atom is 0.336 e. The summed E-state index contributed by atoms with van der Waals surface area (Å²) in [5, 5.41) is 0. The van der Waals surface area contributed by atoms with Gasteiger partial charge in [-0.3, -0.25) is 0 Å². The standard InChI is InChI=1S/C12H9BrO2/c13-10-7-11(15-12(14)8-10)6-9-4-2-1-3-5-9/h1-5,7-8H,6H2. The number of rotatable bonds is 2. The minimum absolute atomic E-state index is 0.324. The Hall–Kier alpha value is -1.35. The van der Waals surface area contributed by atoms with Crippen molar-refractivity contribution >= 4 is 15.9 Å². The number of hydrogen-bond donors (Lipinski definition) is 0. The molecule has 0 radical (unpaired) electrons. The van der Waals surface area contributed by atoms with E-state index in [2.05, 4.69) is 15.9 Å². The molecule has 2 nitrogen and oxygen atoms in total. The van der Waals surface area contributed by atoms with Crippen LogP contribution >= 0.6 is 15.9 Å². The van der Waals surface area contributed by atoms with E-state index in [1.165, 1.54) is 6.07 Å². The highest BCUT2D eigenvalue weighted by Crippen LogP contribution is 2.12. The highest BCUT2D eigenvalue weighted by atomic mass is 79.9. The normalized spacial score (nSPS) is 10.2. The first-order valence-corrected chi connectivity index (χ1v) is 5.37. The second kappa shape index (κ2) is 4.45. The van der Waals surface area contributed by atoms with Gasteiger partial charge in [0.05, 0.1) is 0 Å². The molecule has 0 atom stereocenters. The molecule has 0 N–H and O–H groups in total. The summed E-state index contributed by atoms with van der Waals surface area (Å²) >= 11 is 3.27. The Balaban J connectivity index is 2.29. The van der Waals surface area contributed by atoms with Gasteiger partial charge in [-0.2, -0.15) is 0 Å². The number of halogens is 1. The molecule has 0 spiro atoms. The lowest BCUT2D eigenvalue weighted by atomic mass is 10.1. The lowest BCUT2D eigenvalue weighted by Crippen LogP contribution is -1.99. The zero-order chi connectivity index (χ0) is 10.7. The lowest BCUT2D eigenvalue weighted by molar-refractivity contribution is 0.467. The molecule has 15 heavy (non-hydrogen) atoms. The maximum atomic E-state index is 11.1. The minimum Gasteiger partial charge on any atom is -0.427 e. The number of hydrogen-bond acceptors (Lipinski definition) is 2. The molecule has 1 aromatic heterocycles. The van der Waals surface area contributed by atoms with Crippen LogP contribution in [0.3, 0.4) is 0 Å². The predicted octanol–water partition coefficient (Wildman–Crippen LogP) is 2.99. The van der Waals surface area contributed by atoms with Crippen LogP contribution in [-0.4, -0.2) is 0 Å². The molecule has 0 aliphatic heterocycles. The van der Waals surface area contributed by atoms with Gasteiger partial charge in [-0.25, -0.2) is 4.79 Å². The van der Waals surface area contributed by atoms with Crippen LogP contribution < -0.4 is 5.63 Å². The second-order valence-electron chi connectivity index (χ2n) is 3.22. The summed E-state index contributed by atoms with van der Waals surface area (Å²) in [6.45, 7) is 0. The van der Waals surface area contributed by atoms with E-state index < -0.39 is 0 Å². The van der Waals surface area contributed by atoms with E-state index in [-0.39, 0.29) is 5.63 Å². The molecule has 2 rings (SSSR count). The fourth-order valence-electron chi connectivity index (χ4n) is 1.38. The fourth-order valence-corrected chi connectivity index (χ4v) is 1.82. The van der Waals surface area contributed by atoms with Gasteiger partial charge in [-0.15, -0.1) is 0 Å². The van der Waals surface area contributed by atoms with Gasteiger partial charge in [0, 0.05) is 17.0 Å². The molecule has 0 unspecified atom stereocenters. The Morgan fingerprint density at radius 1 is 1.13 bits per heavy atom. The van der Waals surface area contributed by atoms with Crippen molar-refractivity contribution in [2.24, 2.45) is 0 Å². The van der Waals surface area contributed by atoms with E-state index in [0.29, 0.717) is 12.2 Å². The van der Waals surface area contributed by atoms with E-state index >= 15 is 0 Å². The third-order valence-electron chi connectivity index (χ3n) is 2.01. The molecule has 0 aliphatic rings. The highest BCUT2D eigenvalue weighted by Gasteiger charge is 2.01. The molecule has 3 heteroatoms. The van der Waals surface area contributed by atoms with Gasteiger partial charge in [-0.1, -0.05) is 46.3 Å². The van der Waals surface area contributed by atoms with Crippen LogP contribution in [0.1, 0.15) is 11.3 Å². The summed E-state index contributed by atoms with van der Waals surface area (Å²) in [6, 6.07) is 13.1. The summed E-state index contributed by atoms with van der Waals surface area (Å²) in [6.07, 6.45) is 0.634. The fraction of sp³-hybridized carbons (Fsp3) is 0.0833. The largest absolute Gasteiger partial charge is 0.427 e. The maximum absolute atomic E-state index is 11.1. The van der Waals surface area contributed by atoms with Crippen molar-refractivity contribution < 1.29 is 4.42 Å². The van der Waals surface area contributed by atoms with Crippen molar-refractivity contribution in [3.8, 4) is 0 Å². The van der Waals surface area contributed by atoms with E-state index in [0.717, 1.165) is 10.0 Å². The Bertz CT molecular complexity index is 503. The van der Waals surface area contributed by atoms with E-state index in [9.17, 15) is 4.79 Å². The molecule has 76 valence electrons. The summed E-state index contributed by atoms with van der Waals surface area (Å²) < 4.78 is 5.83. The van der Waals surface area contributed by atoms with Crippen LogP contribution in [0, 0.1) is 0 Å². The molecule has 0 fully saturated rings. The SMILES string of the molecule is O=c1cc(Br)cc(Cc2ccccc2)o1. The smallest absolute Gasteiger partial charge is 0.336 e. The van der Waals surface area contributed by atoms with Gasteiger partial charge in [0.25, 0.3) is 0 Å². The predicted molar refractivity (Wildman–Crippen MR) is 61.9 cm³/mol. The summed E-state index contributed by atoms with van der Waals surface area (Å²) in [5.74, 6) is 0.667. The Kier molecular flexibility index (Phi) is 3.02. The topological polar surface area (TPSA) is 30.2 Å². The lowest BCUT2D eigenvalue weighted by Gasteiger charge is -2.00. The molecular weight excluding hydrogens is 256 g/mol. The van der Waals surface area contributed by atoms with Crippen molar-refractivity contribution in [2.75, 3.05) is 0 Å². The molecule has 1 aromatic carbocycles. The zero-order valence-corrected chi connectivity index (χ0v) is 9.53. The van der Waals surface area contributed by atoms with Crippen LogP contribution in [0.2, 0.25) is 0 Å². The zero-order valence-electron chi connectivity index (χ0n) is 7.94. The number of benzene rings is 1.